The Morgan fingerprint density at radius 2 is 1.80 bits per heavy atom. The van der Waals surface area contributed by atoms with Crippen molar-refractivity contribution in [3.63, 3.8) is 0 Å². The second-order valence-electron chi connectivity index (χ2n) is 4.67. The molecule has 0 N–H and O–H groups in total. The van der Waals surface area contributed by atoms with Crippen LogP contribution in [-0.2, 0) is 0 Å². The number of nitrogens with zero attached hydrogens (tertiary/aromatic N) is 2. The highest BCUT2D eigenvalue weighted by Gasteiger charge is 2.51. The van der Waals surface area contributed by atoms with Crippen LogP contribution in [0, 0.1) is 0 Å². The SMILES string of the molecule is C[C@H]1[C@H](c2ccccc2)C(=C=[N-])[N+]1(C)C. The molecule has 15 heavy (non-hydrogen) atoms. The minimum Gasteiger partial charge on any atom is -0.759 e. The van der Waals surface area contributed by atoms with Crippen molar-refractivity contribution >= 4 is 5.87 Å². The van der Waals surface area contributed by atoms with Crippen LogP contribution in [-0.4, -0.2) is 30.5 Å². The van der Waals surface area contributed by atoms with Crippen LogP contribution in [0.1, 0.15) is 18.4 Å². The van der Waals surface area contributed by atoms with Crippen LogP contribution in [0.3, 0.4) is 0 Å². The highest BCUT2D eigenvalue weighted by Crippen LogP contribution is 2.45. The van der Waals surface area contributed by atoms with E-state index in [1.807, 2.05) is 18.2 Å². The molecule has 1 aromatic carbocycles. The highest BCUT2D eigenvalue weighted by atomic mass is 15.4. The van der Waals surface area contributed by atoms with Crippen molar-refractivity contribution < 1.29 is 4.48 Å². The minimum atomic E-state index is 0.311. The lowest BCUT2D eigenvalue weighted by atomic mass is 9.78. The quantitative estimate of drug-likeness (QED) is 0.490. The lowest BCUT2D eigenvalue weighted by molar-refractivity contribution is -0.915. The van der Waals surface area contributed by atoms with Gasteiger partial charge in [0.1, 0.15) is 17.7 Å². The van der Waals surface area contributed by atoms with Crippen LogP contribution in [0.2, 0.25) is 0 Å². The number of hydrogen-bond donors (Lipinski definition) is 0. The van der Waals surface area contributed by atoms with Gasteiger partial charge in [0.15, 0.2) is 0 Å². The Balaban J connectivity index is 2.38. The standard InChI is InChI=1S/C13H16N2/c1-10-13(11-7-5-4-6-8-11)12(9-14)15(10,2)3/h4-8,10,13H,1-3H3/t10-,13+/m0/s1. The molecule has 78 valence electrons. The van der Waals surface area contributed by atoms with Crippen LogP contribution in [0.25, 0.3) is 5.41 Å². The topological polar surface area (TPSA) is 22.3 Å². The fraction of sp³-hybridized carbons (Fsp3) is 0.385. The van der Waals surface area contributed by atoms with E-state index < -0.39 is 0 Å². The third-order valence-corrected chi connectivity index (χ3v) is 3.69. The first-order valence-corrected chi connectivity index (χ1v) is 5.25. The van der Waals surface area contributed by atoms with Crippen LogP contribution in [0.15, 0.2) is 36.0 Å². The number of likely N-dealkylation sites (N-methyl/N-ethyl adjacent to an activating group) is 1. The molecule has 0 spiro atoms. The van der Waals surface area contributed by atoms with Crippen molar-refractivity contribution in [3.05, 3.63) is 47.0 Å². The zero-order chi connectivity index (χ0) is 11.1. The summed E-state index contributed by atoms with van der Waals surface area (Å²) in [5, 5.41) is 9.17. The number of rotatable bonds is 1. The van der Waals surface area contributed by atoms with Crippen LogP contribution in [0.5, 0.6) is 0 Å². The molecule has 2 rings (SSSR count). The average Bonchev–Trinajstić information content (AvgIpc) is 2.25. The van der Waals surface area contributed by atoms with Gasteiger partial charge in [0.05, 0.1) is 14.1 Å². The van der Waals surface area contributed by atoms with Gasteiger partial charge in [0, 0.05) is 0 Å². The Bertz CT molecular complexity index is 413. The molecule has 1 saturated heterocycles. The predicted molar refractivity (Wildman–Crippen MR) is 62.6 cm³/mol. The average molecular weight is 200 g/mol. The molecule has 0 bridgehead atoms. The molecule has 1 aliphatic heterocycles. The monoisotopic (exact) mass is 200 g/mol. The van der Waals surface area contributed by atoms with Gasteiger partial charge in [-0.25, -0.2) is 5.87 Å². The largest absolute Gasteiger partial charge is 0.759 e. The summed E-state index contributed by atoms with van der Waals surface area (Å²) in [7, 11) is 4.20. The zero-order valence-electron chi connectivity index (χ0n) is 9.44. The zero-order valence-corrected chi connectivity index (χ0v) is 9.44. The molecule has 0 amide bonds. The number of quaternary nitrogens is 1. The maximum Gasteiger partial charge on any atom is 0.142 e. The Labute approximate surface area is 90.9 Å². The summed E-state index contributed by atoms with van der Waals surface area (Å²) in [4.78, 5) is 0. The van der Waals surface area contributed by atoms with Crippen LogP contribution >= 0.6 is 0 Å². The highest BCUT2D eigenvalue weighted by molar-refractivity contribution is 5.63. The molecule has 2 nitrogen and oxygen atoms in total. The summed E-state index contributed by atoms with van der Waals surface area (Å²) >= 11 is 0. The maximum absolute atomic E-state index is 9.17. The molecule has 2 heteroatoms. The third kappa shape index (κ3) is 1.34. The van der Waals surface area contributed by atoms with E-state index in [-0.39, 0.29) is 0 Å². The van der Waals surface area contributed by atoms with Gasteiger partial charge in [-0.2, -0.15) is 0 Å². The Morgan fingerprint density at radius 1 is 1.20 bits per heavy atom. The molecular formula is C13H16N2. The molecule has 2 atom stereocenters. The van der Waals surface area contributed by atoms with Crippen molar-refractivity contribution in [2.24, 2.45) is 0 Å². The fourth-order valence-electron chi connectivity index (χ4n) is 2.39. The van der Waals surface area contributed by atoms with E-state index in [1.165, 1.54) is 5.56 Å². The normalized spacial score (nSPS) is 28.1. The number of likely N-dealkylation sites (tertiary alicyclic amines) is 1. The second kappa shape index (κ2) is 3.34. The summed E-state index contributed by atoms with van der Waals surface area (Å²) in [5.74, 6) is 2.67. The lowest BCUT2D eigenvalue weighted by Crippen LogP contribution is -2.61. The van der Waals surface area contributed by atoms with E-state index in [0.717, 1.165) is 10.2 Å². The predicted octanol–water partition coefficient (Wildman–Crippen LogP) is 2.37. The summed E-state index contributed by atoms with van der Waals surface area (Å²) < 4.78 is 0.732. The first-order valence-electron chi connectivity index (χ1n) is 5.25. The molecule has 0 aromatic heterocycles. The fourth-order valence-corrected chi connectivity index (χ4v) is 2.39. The van der Waals surface area contributed by atoms with Crippen molar-refractivity contribution in [1.82, 2.24) is 0 Å². The Morgan fingerprint density at radius 3 is 2.33 bits per heavy atom. The van der Waals surface area contributed by atoms with Gasteiger partial charge in [0.25, 0.3) is 0 Å². The van der Waals surface area contributed by atoms with E-state index in [9.17, 15) is 0 Å². The first kappa shape index (κ1) is 10.2. The van der Waals surface area contributed by atoms with Gasteiger partial charge in [-0.1, -0.05) is 30.3 Å². The van der Waals surface area contributed by atoms with E-state index in [0.29, 0.717) is 12.0 Å². The third-order valence-electron chi connectivity index (χ3n) is 3.69. The van der Waals surface area contributed by atoms with E-state index in [2.05, 4.69) is 39.0 Å². The van der Waals surface area contributed by atoms with E-state index >= 15 is 0 Å². The van der Waals surface area contributed by atoms with E-state index in [4.69, 9.17) is 5.41 Å². The first-order chi connectivity index (χ1) is 7.09. The molecule has 1 aromatic rings. The maximum atomic E-state index is 9.17. The molecular weight excluding hydrogens is 184 g/mol. The Kier molecular flexibility index (Phi) is 2.26. The van der Waals surface area contributed by atoms with Gasteiger partial charge >= 0.3 is 0 Å². The summed E-state index contributed by atoms with van der Waals surface area (Å²) in [6.07, 6.45) is 0. The molecule has 1 fully saturated rings. The van der Waals surface area contributed by atoms with Crippen molar-refractivity contribution in [2.75, 3.05) is 14.1 Å². The smallest absolute Gasteiger partial charge is 0.142 e. The van der Waals surface area contributed by atoms with E-state index in [1.54, 1.807) is 0 Å². The Hall–Kier alpha value is -1.37. The number of benzene rings is 1. The van der Waals surface area contributed by atoms with Gasteiger partial charge in [0.2, 0.25) is 0 Å². The number of hydrogen-bond acceptors (Lipinski definition) is 0. The van der Waals surface area contributed by atoms with Gasteiger partial charge in [-0.15, -0.1) is 0 Å². The molecule has 1 heterocycles. The molecule has 0 aliphatic carbocycles. The molecule has 0 unspecified atom stereocenters. The van der Waals surface area contributed by atoms with Crippen LogP contribution in [0.4, 0.5) is 0 Å². The van der Waals surface area contributed by atoms with Crippen molar-refractivity contribution in [2.45, 2.75) is 18.9 Å². The molecule has 0 radical (unpaired) electrons. The van der Waals surface area contributed by atoms with Crippen LogP contribution < -0.4 is 0 Å². The molecule has 0 saturated carbocycles. The summed E-state index contributed by atoms with van der Waals surface area (Å²) in [6.45, 7) is 2.21. The second-order valence-corrected chi connectivity index (χ2v) is 4.67. The summed E-state index contributed by atoms with van der Waals surface area (Å²) in [5.41, 5.74) is 2.23. The van der Waals surface area contributed by atoms with Crippen molar-refractivity contribution in [3.8, 4) is 0 Å². The van der Waals surface area contributed by atoms with Gasteiger partial charge < -0.3 is 5.41 Å². The van der Waals surface area contributed by atoms with Crippen molar-refractivity contribution in [1.29, 1.82) is 0 Å². The van der Waals surface area contributed by atoms with Gasteiger partial charge in [-0.05, 0) is 12.5 Å². The molecule has 1 aliphatic rings. The minimum absolute atomic E-state index is 0.311. The lowest BCUT2D eigenvalue weighted by Gasteiger charge is -2.52. The summed E-state index contributed by atoms with van der Waals surface area (Å²) in [6, 6.07) is 10.8. The van der Waals surface area contributed by atoms with Gasteiger partial charge in [-0.3, -0.25) is 4.48 Å².